The van der Waals surface area contributed by atoms with Gasteiger partial charge in [-0.3, -0.25) is 9.89 Å². The van der Waals surface area contributed by atoms with Gasteiger partial charge in [0.2, 0.25) is 0 Å². The lowest BCUT2D eigenvalue weighted by atomic mass is 9.99. The van der Waals surface area contributed by atoms with Crippen LogP contribution in [0.25, 0.3) is 16.9 Å². The summed E-state index contributed by atoms with van der Waals surface area (Å²) in [5, 5.41) is 2.76. The number of rotatable bonds is 1. The van der Waals surface area contributed by atoms with Gasteiger partial charge in [-0.15, -0.1) is 0 Å². The Morgan fingerprint density at radius 1 is 1.05 bits per heavy atom. The number of nitrogens with two attached hydrogens (primary N) is 1. The van der Waals surface area contributed by atoms with Crippen LogP contribution in [0.2, 0.25) is 0 Å². The highest BCUT2D eigenvalue weighted by Crippen LogP contribution is 2.24. The SMILES string of the molecule is Cc1cc(C)c(-c2cc(=O)n3[nH]c(N)cc3n2)cc1C. The van der Waals surface area contributed by atoms with Crippen molar-refractivity contribution in [1.82, 2.24) is 14.6 Å². The number of benzene rings is 1. The summed E-state index contributed by atoms with van der Waals surface area (Å²) in [6.07, 6.45) is 0. The van der Waals surface area contributed by atoms with E-state index in [1.54, 1.807) is 6.07 Å². The van der Waals surface area contributed by atoms with E-state index in [0.717, 1.165) is 11.1 Å². The first-order chi connectivity index (χ1) is 9.45. The first-order valence-electron chi connectivity index (χ1n) is 6.42. The molecule has 1 aromatic carbocycles. The van der Waals surface area contributed by atoms with E-state index in [2.05, 4.69) is 36.1 Å². The molecular formula is C15H16N4O. The first-order valence-corrected chi connectivity index (χ1v) is 6.42. The lowest BCUT2D eigenvalue weighted by Gasteiger charge is -2.09. The summed E-state index contributed by atoms with van der Waals surface area (Å²) < 4.78 is 1.34. The molecule has 0 atom stereocenters. The van der Waals surface area contributed by atoms with Crippen LogP contribution >= 0.6 is 0 Å². The molecule has 0 unspecified atom stereocenters. The smallest absolute Gasteiger partial charge is 0.273 e. The lowest BCUT2D eigenvalue weighted by molar-refractivity contribution is 0.906. The molecule has 0 spiro atoms. The molecule has 3 aromatic rings. The Balaban J connectivity index is 2.29. The van der Waals surface area contributed by atoms with Gasteiger partial charge in [0.25, 0.3) is 5.56 Å². The highest BCUT2D eigenvalue weighted by molar-refractivity contribution is 5.67. The molecular weight excluding hydrogens is 252 g/mol. The second-order valence-electron chi connectivity index (χ2n) is 5.14. The monoisotopic (exact) mass is 268 g/mol. The molecule has 0 fully saturated rings. The molecule has 0 bridgehead atoms. The Hall–Kier alpha value is -2.56. The average molecular weight is 268 g/mol. The van der Waals surface area contributed by atoms with E-state index >= 15 is 0 Å². The molecule has 0 aliphatic rings. The van der Waals surface area contributed by atoms with Crippen LogP contribution in [-0.4, -0.2) is 14.6 Å². The molecule has 0 aliphatic heterocycles. The van der Waals surface area contributed by atoms with E-state index in [4.69, 9.17) is 5.73 Å². The number of nitrogen functional groups attached to an aromatic ring is 1. The number of hydrogen-bond donors (Lipinski definition) is 2. The molecule has 5 heteroatoms. The van der Waals surface area contributed by atoms with Crippen molar-refractivity contribution < 1.29 is 0 Å². The van der Waals surface area contributed by atoms with Gasteiger partial charge in [0.05, 0.1) is 5.69 Å². The van der Waals surface area contributed by atoms with Crippen molar-refractivity contribution in [3.05, 3.63) is 51.3 Å². The fourth-order valence-electron chi connectivity index (χ4n) is 2.38. The predicted molar refractivity (Wildman–Crippen MR) is 79.9 cm³/mol. The molecule has 20 heavy (non-hydrogen) atoms. The zero-order valence-corrected chi connectivity index (χ0v) is 11.7. The molecule has 0 saturated heterocycles. The van der Waals surface area contributed by atoms with Crippen LogP contribution in [0.4, 0.5) is 5.82 Å². The van der Waals surface area contributed by atoms with Crippen LogP contribution in [0.5, 0.6) is 0 Å². The molecule has 5 nitrogen and oxygen atoms in total. The summed E-state index contributed by atoms with van der Waals surface area (Å²) in [5.41, 5.74) is 11.2. The zero-order valence-electron chi connectivity index (χ0n) is 11.7. The highest BCUT2D eigenvalue weighted by Gasteiger charge is 2.10. The lowest BCUT2D eigenvalue weighted by Crippen LogP contribution is -2.14. The summed E-state index contributed by atoms with van der Waals surface area (Å²) >= 11 is 0. The van der Waals surface area contributed by atoms with Crippen molar-refractivity contribution in [2.75, 3.05) is 5.73 Å². The van der Waals surface area contributed by atoms with E-state index in [-0.39, 0.29) is 5.56 Å². The van der Waals surface area contributed by atoms with Crippen LogP contribution in [-0.2, 0) is 0 Å². The van der Waals surface area contributed by atoms with Crippen molar-refractivity contribution in [3.8, 4) is 11.3 Å². The minimum absolute atomic E-state index is 0.167. The van der Waals surface area contributed by atoms with Crippen molar-refractivity contribution in [3.63, 3.8) is 0 Å². The molecule has 0 saturated carbocycles. The van der Waals surface area contributed by atoms with Crippen LogP contribution in [0, 0.1) is 20.8 Å². The first kappa shape index (κ1) is 12.5. The number of H-pyrrole nitrogens is 1. The topological polar surface area (TPSA) is 76.2 Å². The van der Waals surface area contributed by atoms with Crippen LogP contribution in [0.3, 0.4) is 0 Å². The Bertz CT molecular complexity index is 873. The van der Waals surface area contributed by atoms with Crippen LogP contribution < -0.4 is 11.3 Å². The van der Waals surface area contributed by atoms with Crippen LogP contribution in [0.1, 0.15) is 16.7 Å². The number of aromatic amines is 1. The number of nitrogens with zero attached hydrogens (tertiary/aromatic N) is 2. The van der Waals surface area contributed by atoms with E-state index in [1.807, 2.05) is 6.92 Å². The minimum atomic E-state index is -0.167. The molecule has 0 radical (unpaired) electrons. The summed E-state index contributed by atoms with van der Waals surface area (Å²) in [4.78, 5) is 16.6. The fraction of sp³-hybridized carbons (Fsp3) is 0.200. The fourth-order valence-corrected chi connectivity index (χ4v) is 2.38. The zero-order chi connectivity index (χ0) is 14.4. The van der Waals surface area contributed by atoms with Gasteiger partial charge < -0.3 is 5.73 Å². The molecule has 0 amide bonds. The van der Waals surface area contributed by atoms with Gasteiger partial charge in [-0.2, -0.15) is 4.52 Å². The third-order valence-corrected chi connectivity index (χ3v) is 3.59. The number of aromatic nitrogens is 3. The van der Waals surface area contributed by atoms with E-state index in [1.165, 1.54) is 21.7 Å². The molecule has 3 N–H and O–H groups in total. The van der Waals surface area contributed by atoms with Crippen molar-refractivity contribution >= 4 is 11.5 Å². The molecule has 0 aliphatic carbocycles. The normalized spacial score (nSPS) is 11.2. The molecule has 2 aromatic heterocycles. The maximum atomic E-state index is 12.1. The largest absolute Gasteiger partial charge is 0.384 e. The van der Waals surface area contributed by atoms with Crippen molar-refractivity contribution in [2.45, 2.75) is 20.8 Å². The standard InChI is InChI=1S/C15H16N4O/c1-8-4-10(3)11(5-9(8)2)12-6-15(20)19-14(17-12)7-13(16)18-19/h4-7,18H,16H2,1-3H3. The average Bonchev–Trinajstić information content (AvgIpc) is 2.75. The summed E-state index contributed by atoms with van der Waals surface area (Å²) in [5.74, 6) is 0.420. The number of fused-ring (bicyclic) bond motifs is 1. The van der Waals surface area contributed by atoms with E-state index in [0.29, 0.717) is 17.2 Å². The third kappa shape index (κ3) is 1.87. The third-order valence-electron chi connectivity index (χ3n) is 3.59. The van der Waals surface area contributed by atoms with Crippen molar-refractivity contribution in [1.29, 1.82) is 0 Å². The maximum absolute atomic E-state index is 12.1. The number of aryl methyl sites for hydroxylation is 3. The Labute approximate surface area is 116 Å². The Kier molecular flexibility index (Phi) is 2.64. The van der Waals surface area contributed by atoms with Gasteiger partial charge in [-0.1, -0.05) is 6.07 Å². The van der Waals surface area contributed by atoms with Gasteiger partial charge in [0.15, 0.2) is 5.65 Å². The minimum Gasteiger partial charge on any atom is -0.384 e. The van der Waals surface area contributed by atoms with Gasteiger partial charge >= 0.3 is 0 Å². The van der Waals surface area contributed by atoms with Gasteiger partial charge in [0, 0.05) is 17.7 Å². The van der Waals surface area contributed by atoms with Gasteiger partial charge in [-0.25, -0.2) is 4.98 Å². The molecule has 3 rings (SSSR count). The number of hydrogen-bond acceptors (Lipinski definition) is 3. The Morgan fingerprint density at radius 2 is 1.75 bits per heavy atom. The van der Waals surface area contributed by atoms with Crippen LogP contribution in [0.15, 0.2) is 29.1 Å². The van der Waals surface area contributed by atoms with E-state index in [9.17, 15) is 4.79 Å². The maximum Gasteiger partial charge on any atom is 0.273 e. The molecule has 102 valence electrons. The van der Waals surface area contributed by atoms with Gasteiger partial charge in [0.1, 0.15) is 5.82 Å². The second-order valence-corrected chi connectivity index (χ2v) is 5.14. The van der Waals surface area contributed by atoms with Crippen molar-refractivity contribution in [2.24, 2.45) is 0 Å². The van der Waals surface area contributed by atoms with Gasteiger partial charge in [-0.05, 0) is 43.5 Å². The molecule has 2 heterocycles. The quantitative estimate of drug-likeness (QED) is 0.710. The summed E-state index contributed by atoms with van der Waals surface area (Å²) in [6.45, 7) is 6.15. The van der Waals surface area contributed by atoms with E-state index < -0.39 is 0 Å². The predicted octanol–water partition coefficient (Wildman–Crippen LogP) is 2.20. The second kappa shape index (κ2) is 4.23. The number of nitrogens with one attached hydrogen (secondary N) is 1. The highest BCUT2D eigenvalue weighted by atomic mass is 16.1. The number of anilines is 1. The Morgan fingerprint density at radius 3 is 2.50 bits per heavy atom. The summed E-state index contributed by atoms with van der Waals surface area (Å²) in [6, 6.07) is 7.36. The summed E-state index contributed by atoms with van der Waals surface area (Å²) in [7, 11) is 0.